The molecule has 0 spiro atoms. The standard InChI is InChI=1S/C30H27NO6.C26H23NO5.2CH4/c1-30(14-13-29(33)34)17-27(32)25-12-11-24(16-28(25)37-30)35-18-20-5-4-7-23(15-20)36-19-22-10-9-21-6-2-3-8-26(21)31-22;1-18(26(28)29)32-25-9-5-3-7-20(25)16-30-22-12-14-23(15-13-22)31-17-21-11-10-19-6-2-4-8-24(19)27-21;;/h2-12,15-16H,13-14,17-19H2,1H3,(H,33,34);2-15,18H,16-17H2,1H3,(H,28,29);2*1H4. The Morgan fingerprint density at radius 2 is 1.17 bits per heavy atom. The number of aromatic nitrogens is 2. The Bertz CT molecular complexity index is 3090. The Kier molecular flexibility index (Phi) is 17.7. The normalized spacial score (nSPS) is 13.9. The van der Waals surface area contributed by atoms with Crippen molar-refractivity contribution in [1.82, 2.24) is 9.97 Å². The molecule has 0 radical (unpaired) electrons. The van der Waals surface area contributed by atoms with E-state index in [1.165, 1.54) is 6.92 Å². The minimum Gasteiger partial charge on any atom is -0.489 e. The number of ether oxygens (including phenoxy) is 6. The molecule has 6 aromatic carbocycles. The van der Waals surface area contributed by atoms with Crippen LogP contribution < -0.4 is 28.4 Å². The molecule has 0 saturated heterocycles. The Labute approximate surface area is 413 Å². The molecule has 1 aliphatic heterocycles. The van der Waals surface area contributed by atoms with Gasteiger partial charge in [-0.1, -0.05) is 93.7 Å². The van der Waals surface area contributed by atoms with Gasteiger partial charge in [-0.05, 0) is 105 Å². The van der Waals surface area contributed by atoms with E-state index in [0.717, 1.165) is 44.3 Å². The van der Waals surface area contributed by atoms with E-state index in [-0.39, 0.29) is 46.5 Å². The number of carboxylic acids is 2. The van der Waals surface area contributed by atoms with Gasteiger partial charge in [0.25, 0.3) is 0 Å². The fourth-order valence-electron chi connectivity index (χ4n) is 7.51. The molecular weight excluding hydrogens is 901 g/mol. The molecule has 2 aromatic heterocycles. The second kappa shape index (κ2) is 24.2. The molecule has 2 N–H and O–H groups in total. The van der Waals surface area contributed by atoms with Gasteiger partial charge in [-0.3, -0.25) is 9.59 Å². The monoisotopic (exact) mass is 958 g/mol. The zero-order chi connectivity index (χ0) is 48.2. The maximum Gasteiger partial charge on any atom is 0.344 e. The van der Waals surface area contributed by atoms with Gasteiger partial charge in [0.1, 0.15) is 66.5 Å². The molecule has 0 saturated carbocycles. The second-order valence-electron chi connectivity index (χ2n) is 16.7. The van der Waals surface area contributed by atoms with Crippen molar-refractivity contribution in [1.29, 1.82) is 0 Å². The van der Waals surface area contributed by atoms with Crippen LogP contribution in [0.5, 0.6) is 34.5 Å². The van der Waals surface area contributed by atoms with Crippen molar-refractivity contribution in [3.63, 3.8) is 0 Å². The zero-order valence-electron chi connectivity index (χ0n) is 38.1. The first kappa shape index (κ1) is 51.9. The number of hydrogen-bond acceptors (Lipinski definition) is 11. The number of ketones is 1. The first-order valence-electron chi connectivity index (χ1n) is 22.4. The number of nitrogens with zero attached hydrogens (tertiary/aromatic N) is 2. The number of hydrogen-bond donors (Lipinski definition) is 2. The Morgan fingerprint density at radius 3 is 1.80 bits per heavy atom. The molecule has 71 heavy (non-hydrogen) atoms. The lowest BCUT2D eigenvalue weighted by Crippen LogP contribution is -2.39. The number of rotatable bonds is 18. The highest BCUT2D eigenvalue weighted by atomic mass is 16.5. The van der Waals surface area contributed by atoms with Crippen LogP contribution in [0.3, 0.4) is 0 Å². The van der Waals surface area contributed by atoms with Crippen molar-refractivity contribution >= 4 is 39.5 Å². The van der Waals surface area contributed by atoms with Gasteiger partial charge in [0.05, 0.1) is 34.4 Å². The summed E-state index contributed by atoms with van der Waals surface area (Å²) in [5, 5.41) is 20.3. The van der Waals surface area contributed by atoms with Gasteiger partial charge in [-0.25, -0.2) is 14.8 Å². The summed E-state index contributed by atoms with van der Waals surface area (Å²) in [5.74, 6) is 1.56. The van der Waals surface area contributed by atoms with Gasteiger partial charge < -0.3 is 38.6 Å². The highest BCUT2D eigenvalue weighted by Gasteiger charge is 2.37. The van der Waals surface area contributed by atoms with Gasteiger partial charge >= 0.3 is 11.9 Å². The number of carbonyl (C=O) groups excluding carboxylic acids is 1. The number of aliphatic carboxylic acids is 2. The molecule has 2 atom stereocenters. The number of carbonyl (C=O) groups is 3. The van der Waals surface area contributed by atoms with Gasteiger partial charge in [-0.2, -0.15) is 0 Å². The van der Waals surface area contributed by atoms with Crippen LogP contribution in [0.25, 0.3) is 21.8 Å². The summed E-state index contributed by atoms with van der Waals surface area (Å²) in [5.41, 5.74) is 4.90. The predicted molar refractivity (Wildman–Crippen MR) is 273 cm³/mol. The molecule has 0 amide bonds. The van der Waals surface area contributed by atoms with Gasteiger partial charge in [0.15, 0.2) is 11.9 Å². The molecule has 0 fully saturated rings. The van der Waals surface area contributed by atoms with Crippen molar-refractivity contribution in [2.24, 2.45) is 0 Å². The van der Waals surface area contributed by atoms with E-state index in [0.29, 0.717) is 59.9 Å². The molecular formula is C58H58N2O11. The molecule has 366 valence electrons. The van der Waals surface area contributed by atoms with Crippen molar-refractivity contribution in [2.45, 2.75) is 86.1 Å². The third-order valence-corrected chi connectivity index (χ3v) is 11.2. The number of Topliss-reactive ketones (excluding diaryl/α,β-unsaturated/α-hetero) is 1. The lowest BCUT2D eigenvalue weighted by Gasteiger charge is -2.34. The molecule has 1 aliphatic rings. The van der Waals surface area contributed by atoms with Crippen molar-refractivity contribution in [3.8, 4) is 34.5 Å². The molecule has 3 heterocycles. The molecule has 0 bridgehead atoms. The van der Waals surface area contributed by atoms with E-state index in [1.807, 2.05) is 133 Å². The quantitative estimate of drug-likeness (QED) is 0.0832. The summed E-state index contributed by atoms with van der Waals surface area (Å²) in [6.45, 7) is 4.54. The first-order chi connectivity index (χ1) is 33.4. The predicted octanol–water partition coefficient (Wildman–Crippen LogP) is 12.5. The van der Waals surface area contributed by atoms with Crippen LogP contribution in [0.15, 0.2) is 164 Å². The molecule has 8 aromatic rings. The third-order valence-electron chi connectivity index (χ3n) is 11.2. The summed E-state index contributed by atoms with van der Waals surface area (Å²) in [7, 11) is 0. The fraction of sp³-hybridized carbons (Fsp3) is 0.224. The number of para-hydroxylation sites is 3. The van der Waals surface area contributed by atoms with Gasteiger partial charge in [0, 0.05) is 28.8 Å². The minimum absolute atomic E-state index is 0. The van der Waals surface area contributed by atoms with E-state index in [9.17, 15) is 14.4 Å². The van der Waals surface area contributed by atoms with E-state index in [1.54, 1.807) is 37.3 Å². The largest absolute Gasteiger partial charge is 0.489 e. The highest BCUT2D eigenvalue weighted by molar-refractivity contribution is 6.00. The van der Waals surface area contributed by atoms with Crippen molar-refractivity contribution < 1.29 is 53.0 Å². The third kappa shape index (κ3) is 14.3. The molecule has 2 unspecified atom stereocenters. The van der Waals surface area contributed by atoms with Crippen LogP contribution >= 0.6 is 0 Å². The Morgan fingerprint density at radius 1 is 0.620 bits per heavy atom. The Balaban J connectivity index is 0.000000228. The number of carboxylic acid groups (broad SMARTS) is 2. The van der Waals surface area contributed by atoms with E-state index >= 15 is 0 Å². The number of fused-ring (bicyclic) bond motifs is 3. The molecule has 13 heteroatoms. The number of benzene rings is 6. The van der Waals surface area contributed by atoms with E-state index in [2.05, 4.69) is 9.97 Å². The van der Waals surface area contributed by atoms with Crippen molar-refractivity contribution in [2.75, 3.05) is 0 Å². The van der Waals surface area contributed by atoms with Crippen LogP contribution in [0.2, 0.25) is 0 Å². The second-order valence-corrected chi connectivity index (χ2v) is 16.7. The van der Waals surface area contributed by atoms with Crippen LogP contribution in [-0.2, 0) is 36.0 Å². The molecule has 13 nitrogen and oxygen atoms in total. The van der Waals surface area contributed by atoms with Crippen LogP contribution in [0.4, 0.5) is 0 Å². The van der Waals surface area contributed by atoms with Gasteiger partial charge in [0.2, 0.25) is 0 Å². The average molecular weight is 959 g/mol. The van der Waals surface area contributed by atoms with Crippen LogP contribution in [0, 0.1) is 0 Å². The summed E-state index contributed by atoms with van der Waals surface area (Å²) in [6, 6.07) is 51.3. The topological polar surface area (TPSA) is 173 Å². The van der Waals surface area contributed by atoms with E-state index in [4.69, 9.17) is 38.6 Å². The smallest absolute Gasteiger partial charge is 0.344 e. The fourth-order valence-corrected chi connectivity index (χ4v) is 7.51. The lowest BCUT2D eigenvalue weighted by atomic mass is 9.88. The first-order valence-corrected chi connectivity index (χ1v) is 22.4. The maximum absolute atomic E-state index is 12.6. The summed E-state index contributed by atoms with van der Waals surface area (Å²) < 4.78 is 35.2. The zero-order valence-corrected chi connectivity index (χ0v) is 38.1. The van der Waals surface area contributed by atoms with Crippen LogP contribution in [0.1, 0.15) is 80.8 Å². The van der Waals surface area contributed by atoms with Crippen LogP contribution in [-0.4, -0.2) is 49.6 Å². The molecule has 9 rings (SSSR count). The number of pyridine rings is 2. The SMILES string of the molecule is C.C.CC(Oc1ccccc1COc1ccc(OCc2ccc3ccccc3n2)cc1)C(=O)O.CC1(CCC(=O)O)CC(=O)c2ccc(OCc3cccc(OCc4ccc5ccccc5n4)c3)cc2O1. The Hall–Kier alpha value is -8.45. The van der Waals surface area contributed by atoms with Crippen molar-refractivity contribution in [3.05, 3.63) is 192 Å². The molecule has 0 aliphatic carbocycles. The summed E-state index contributed by atoms with van der Waals surface area (Å²) in [6.07, 6.45) is -0.607. The maximum atomic E-state index is 12.6. The minimum atomic E-state index is -1.02. The highest BCUT2D eigenvalue weighted by Crippen LogP contribution is 2.38. The van der Waals surface area contributed by atoms with E-state index < -0.39 is 23.6 Å². The summed E-state index contributed by atoms with van der Waals surface area (Å²) in [4.78, 5) is 43.9. The average Bonchev–Trinajstić information content (AvgIpc) is 3.36. The van der Waals surface area contributed by atoms with Gasteiger partial charge in [-0.15, -0.1) is 0 Å². The summed E-state index contributed by atoms with van der Waals surface area (Å²) >= 11 is 0. The lowest BCUT2D eigenvalue weighted by molar-refractivity contribution is -0.144.